The quantitative estimate of drug-likeness (QED) is 0.737. The Morgan fingerprint density at radius 3 is 2.71 bits per heavy atom. The van der Waals surface area contributed by atoms with Crippen LogP contribution in [0.2, 0.25) is 0 Å². The molecule has 17 heavy (non-hydrogen) atoms. The Hall–Kier alpha value is -1.40. The van der Waals surface area contributed by atoms with E-state index in [9.17, 15) is 9.59 Å². The zero-order chi connectivity index (χ0) is 12.0. The van der Waals surface area contributed by atoms with Gasteiger partial charge in [-0.25, -0.2) is 9.36 Å². The zero-order valence-electron chi connectivity index (χ0n) is 9.33. The number of aliphatic hydroxyl groups excluding tert-OH is 1. The van der Waals surface area contributed by atoms with Crippen molar-refractivity contribution < 1.29 is 9.84 Å². The topological polar surface area (TPSA) is 73.5 Å². The van der Waals surface area contributed by atoms with Crippen LogP contribution < -0.4 is 11.2 Å². The van der Waals surface area contributed by atoms with Gasteiger partial charge in [-0.15, -0.1) is 0 Å². The molecular formula is C11H14N2O4. The van der Waals surface area contributed by atoms with Crippen molar-refractivity contribution in [1.29, 1.82) is 0 Å². The molecule has 0 aliphatic carbocycles. The molecule has 1 fully saturated rings. The van der Waals surface area contributed by atoms with E-state index in [4.69, 9.17) is 9.84 Å². The van der Waals surface area contributed by atoms with Gasteiger partial charge >= 0.3 is 5.69 Å². The first-order valence-corrected chi connectivity index (χ1v) is 5.78. The fourth-order valence-electron chi connectivity index (χ4n) is 2.46. The van der Waals surface area contributed by atoms with Crippen LogP contribution in [-0.4, -0.2) is 33.1 Å². The molecule has 0 saturated carbocycles. The summed E-state index contributed by atoms with van der Waals surface area (Å²) < 4.78 is 8.33. The highest BCUT2D eigenvalue weighted by molar-refractivity contribution is 5.11. The van der Waals surface area contributed by atoms with E-state index in [2.05, 4.69) is 0 Å². The molecule has 92 valence electrons. The molecule has 1 N–H and O–H groups in total. The van der Waals surface area contributed by atoms with Crippen LogP contribution >= 0.6 is 0 Å². The van der Waals surface area contributed by atoms with Crippen molar-refractivity contribution in [2.24, 2.45) is 0 Å². The Kier molecular flexibility index (Phi) is 2.41. The molecule has 0 aromatic carbocycles. The Labute approximate surface area is 97.1 Å². The summed E-state index contributed by atoms with van der Waals surface area (Å²) in [6.07, 6.45) is 3.71. The van der Waals surface area contributed by atoms with Crippen molar-refractivity contribution in [1.82, 2.24) is 9.13 Å². The van der Waals surface area contributed by atoms with E-state index in [1.54, 1.807) is 6.20 Å². The molecule has 4 rings (SSSR count). The summed E-state index contributed by atoms with van der Waals surface area (Å²) >= 11 is 0. The molecule has 2 atom stereocenters. The molecule has 0 amide bonds. The van der Waals surface area contributed by atoms with Gasteiger partial charge in [-0.3, -0.25) is 9.36 Å². The highest BCUT2D eigenvalue weighted by Crippen LogP contribution is 2.21. The summed E-state index contributed by atoms with van der Waals surface area (Å²) in [5.41, 5.74) is 0.187. The van der Waals surface area contributed by atoms with Crippen molar-refractivity contribution in [2.75, 3.05) is 6.61 Å². The van der Waals surface area contributed by atoms with Crippen molar-refractivity contribution in [2.45, 2.75) is 38.1 Å². The van der Waals surface area contributed by atoms with Gasteiger partial charge in [0.15, 0.2) is 0 Å². The largest absolute Gasteiger partial charge is 0.394 e. The molecule has 6 heteroatoms. The van der Waals surface area contributed by atoms with Gasteiger partial charge in [0.1, 0.15) is 6.67 Å². The van der Waals surface area contributed by atoms with E-state index < -0.39 is 0 Å². The smallest absolute Gasteiger partial charge is 0.334 e. The Balaban J connectivity index is 1.78. The molecule has 6 nitrogen and oxygen atoms in total. The first kappa shape index (κ1) is 10.7. The van der Waals surface area contributed by atoms with Gasteiger partial charge in [0.25, 0.3) is 5.56 Å². The number of aromatic nitrogens is 2. The molecule has 1 saturated heterocycles. The molecule has 2 bridgehead atoms. The zero-order valence-corrected chi connectivity index (χ0v) is 9.33. The van der Waals surface area contributed by atoms with E-state index in [1.807, 2.05) is 0 Å². The van der Waals surface area contributed by atoms with Crippen LogP contribution in [0.1, 0.15) is 18.4 Å². The predicted molar refractivity (Wildman–Crippen MR) is 59.0 cm³/mol. The average molecular weight is 238 g/mol. The molecule has 3 aliphatic heterocycles. The fraction of sp³-hybridized carbons (Fsp3) is 0.636. The third kappa shape index (κ3) is 1.64. The van der Waals surface area contributed by atoms with Crippen molar-refractivity contribution in [3.63, 3.8) is 0 Å². The second-order valence-corrected chi connectivity index (χ2v) is 4.63. The van der Waals surface area contributed by atoms with Crippen LogP contribution in [0.25, 0.3) is 0 Å². The van der Waals surface area contributed by atoms with Crippen LogP contribution in [0.15, 0.2) is 15.8 Å². The Bertz CT molecular complexity index is 560. The second-order valence-electron chi connectivity index (χ2n) is 4.63. The molecule has 0 radical (unpaired) electrons. The first-order chi connectivity index (χ1) is 8.19. The fourth-order valence-corrected chi connectivity index (χ4v) is 2.46. The number of rotatable bonds is 3. The Morgan fingerprint density at radius 2 is 2.12 bits per heavy atom. The molecule has 4 heterocycles. The number of hydrogen-bond acceptors (Lipinski definition) is 4. The minimum absolute atomic E-state index is 0.0163. The molecule has 2 unspecified atom stereocenters. The van der Waals surface area contributed by atoms with Crippen molar-refractivity contribution in [3.05, 3.63) is 32.6 Å². The maximum Gasteiger partial charge on any atom is 0.334 e. The average Bonchev–Trinajstić information content (AvgIpc) is 2.78. The third-order valence-corrected chi connectivity index (χ3v) is 3.45. The minimum atomic E-state index is -0.237. The molecule has 3 aliphatic rings. The third-order valence-electron chi connectivity index (χ3n) is 3.45. The van der Waals surface area contributed by atoms with Crippen molar-refractivity contribution >= 4 is 0 Å². The summed E-state index contributed by atoms with van der Waals surface area (Å²) in [7, 11) is 0. The van der Waals surface area contributed by atoms with Gasteiger partial charge < -0.3 is 9.84 Å². The summed E-state index contributed by atoms with van der Waals surface area (Å²) in [6, 6.07) is 0. The summed E-state index contributed by atoms with van der Waals surface area (Å²) in [5, 5.41) is 8.96. The lowest BCUT2D eigenvalue weighted by Crippen LogP contribution is -2.53. The van der Waals surface area contributed by atoms with E-state index in [0.717, 1.165) is 12.8 Å². The van der Waals surface area contributed by atoms with Crippen LogP contribution in [-0.2, 0) is 17.8 Å². The standard InChI is InChI=1S/C11H14N2O4/c14-5-9-2-1-8(17-9)3-7-4-12-6-13(10(7)15)11(12)16/h4,8-9,14H,1-3,5-6H2. The predicted octanol–water partition coefficient (Wildman–Crippen LogP) is -1.09. The Morgan fingerprint density at radius 1 is 1.35 bits per heavy atom. The number of nitrogens with zero attached hydrogens (tertiary/aromatic N) is 2. The number of fused-ring (bicyclic) bond motifs is 2. The van der Waals surface area contributed by atoms with Gasteiger partial charge in [-0.1, -0.05) is 0 Å². The number of ether oxygens (including phenoxy) is 1. The van der Waals surface area contributed by atoms with Crippen LogP contribution in [0.3, 0.4) is 0 Å². The first-order valence-electron chi connectivity index (χ1n) is 5.78. The molecule has 1 aromatic heterocycles. The maximum absolute atomic E-state index is 11.8. The lowest BCUT2D eigenvalue weighted by molar-refractivity contribution is 0.0119. The van der Waals surface area contributed by atoms with E-state index in [0.29, 0.717) is 18.7 Å². The summed E-state index contributed by atoms with van der Waals surface area (Å²) in [4.78, 5) is 23.1. The highest BCUT2D eigenvalue weighted by Gasteiger charge is 2.27. The number of aliphatic hydroxyl groups is 1. The van der Waals surface area contributed by atoms with Gasteiger partial charge in [0.05, 0.1) is 18.8 Å². The highest BCUT2D eigenvalue weighted by atomic mass is 16.5. The van der Waals surface area contributed by atoms with Gasteiger partial charge in [0, 0.05) is 18.2 Å². The SMILES string of the molecule is O=c1c(CC2CCC(CO)O2)cn2c(=O)n1C2. The van der Waals surface area contributed by atoms with Crippen LogP contribution in [0.5, 0.6) is 0 Å². The minimum Gasteiger partial charge on any atom is -0.394 e. The molecule has 0 spiro atoms. The van der Waals surface area contributed by atoms with Gasteiger partial charge in [-0.05, 0) is 12.8 Å². The lowest BCUT2D eigenvalue weighted by atomic mass is 10.1. The van der Waals surface area contributed by atoms with Crippen LogP contribution in [0, 0.1) is 0 Å². The van der Waals surface area contributed by atoms with E-state index in [1.165, 1.54) is 9.13 Å². The van der Waals surface area contributed by atoms with E-state index >= 15 is 0 Å². The summed E-state index contributed by atoms with van der Waals surface area (Å²) in [6.45, 7) is 0.409. The number of hydrogen-bond donors (Lipinski definition) is 1. The monoisotopic (exact) mass is 238 g/mol. The summed E-state index contributed by atoms with van der Waals surface area (Å²) in [5.74, 6) is 0. The van der Waals surface area contributed by atoms with Gasteiger partial charge in [-0.2, -0.15) is 0 Å². The van der Waals surface area contributed by atoms with Crippen molar-refractivity contribution in [3.8, 4) is 0 Å². The normalized spacial score (nSPS) is 25.9. The lowest BCUT2D eigenvalue weighted by Gasteiger charge is -2.21. The second kappa shape index (κ2) is 3.82. The molecule has 1 aromatic rings. The maximum atomic E-state index is 11.8. The van der Waals surface area contributed by atoms with E-state index in [-0.39, 0.29) is 30.1 Å². The van der Waals surface area contributed by atoms with Crippen LogP contribution in [0.4, 0.5) is 0 Å². The molecular weight excluding hydrogens is 224 g/mol. The van der Waals surface area contributed by atoms with Gasteiger partial charge in [0.2, 0.25) is 0 Å².